The predicted octanol–water partition coefficient (Wildman–Crippen LogP) is 4.53. The van der Waals surface area contributed by atoms with Crippen molar-refractivity contribution in [3.05, 3.63) is 60.0 Å². The summed E-state index contributed by atoms with van der Waals surface area (Å²) >= 11 is -1.26. The molecule has 1 aromatic carbocycles. The first-order chi connectivity index (χ1) is 12.8. The molecule has 2 atom stereocenters. The molecule has 5 heteroatoms. The number of hydrogen-bond donors (Lipinski definition) is 1. The maximum Gasteiger partial charge on any atom is 0.326 e. The smallest absolute Gasteiger partial charge is 0.326 e. The molecular weight excluding hydrogens is 354 g/mol. The summed E-state index contributed by atoms with van der Waals surface area (Å²) in [6.07, 6.45) is 5.15. The predicted molar refractivity (Wildman–Crippen MR) is 114 cm³/mol. The van der Waals surface area contributed by atoms with Crippen molar-refractivity contribution >= 4 is 11.4 Å². The van der Waals surface area contributed by atoms with Crippen LogP contribution in [-0.2, 0) is 17.9 Å². The topological polar surface area (TPSA) is 42.7 Å². The highest BCUT2D eigenvalue weighted by molar-refractivity contribution is 7.90. The number of likely N-dealkylation sites (tertiary alicyclic amines) is 1. The molecule has 1 N–H and O–H groups in total. The Kier molecular flexibility index (Phi) is 7.93. The molecular formula is C22H33N3OS. The number of nitrogens with one attached hydrogen (secondary N) is 1. The zero-order valence-corrected chi connectivity index (χ0v) is 17.7. The molecule has 148 valence electrons. The number of rotatable bonds is 8. The molecule has 0 radical (unpaired) electrons. The highest BCUT2D eigenvalue weighted by Crippen LogP contribution is 2.36. The van der Waals surface area contributed by atoms with Crippen molar-refractivity contribution < 1.29 is 4.55 Å². The van der Waals surface area contributed by atoms with Gasteiger partial charge in [-0.1, -0.05) is 41.1 Å². The summed E-state index contributed by atoms with van der Waals surface area (Å²) in [7, 11) is 0. The van der Waals surface area contributed by atoms with Gasteiger partial charge >= 0.3 is 5.66 Å². The second kappa shape index (κ2) is 9.75. The van der Waals surface area contributed by atoms with Crippen molar-refractivity contribution in [2.24, 2.45) is 5.92 Å². The molecule has 1 aliphatic rings. The number of benzene rings is 1. The van der Waals surface area contributed by atoms with Gasteiger partial charge in [0.1, 0.15) is 4.75 Å². The molecule has 1 heterocycles. The minimum Gasteiger partial charge on any atom is -0.597 e. The largest absolute Gasteiger partial charge is 0.597 e. The standard InChI is InChI=1S/C22H33N3OS/c1-6-7-15-22(23-5,24-27(26)21(2,3)4)20-13-16-25(17-14-20)18-19-11-9-8-10-12-19/h6,8-12,20,24H,1,7,13-18H2,2-4H3/t22-,27?/m0/s1. The fourth-order valence-electron chi connectivity index (χ4n) is 3.55. The van der Waals surface area contributed by atoms with Crippen LogP contribution in [0.15, 0.2) is 43.0 Å². The van der Waals surface area contributed by atoms with Gasteiger partial charge < -0.3 is 4.55 Å². The maximum absolute atomic E-state index is 12.8. The quantitative estimate of drug-likeness (QED) is 0.405. The van der Waals surface area contributed by atoms with Gasteiger partial charge in [0, 0.05) is 13.0 Å². The SMILES string of the molecule is [C-]#[N+][C@@](CCC=C)(N[S+]([O-])C(C)(C)C)C1CCN(Cc2ccccc2)CC1. The Hall–Kier alpha value is -1.32. The van der Waals surface area contributed by atoms with Gasteiger partial charge in [-0.25, -0.2) is 6.57 Å². The molecule has 1 aliphatic heterocycles. The van der Waals surface area contributed by atoms with Gasteiger partial charge in [0.15, 0.2) is 0 Å². The van der Waals surface area contributed by atoms with E-state index < -0.39 is 21.8 Å². The van der Waals surface area contributed by atoms with Gasteiger partial charge in [0.05, 0.1) is 17.3 Å². The van der Waals surface area contributed by atoms with Crippen molar-refractivity contribution in [2.75, 3.05) is 13.1 Å². The molecule has 0 spiro atoms. The first-order valence-electron chi connectivity index (χ1n) is 9.76. The molecule has 0 aromatic heterocycles. The van der Waals surface area contributed by atoms with Gasteiger partial charge in [0.25, 0.3) is 0 Å². The first-order valence-corrected chi connectivity index (χ1v) is 10.9. The third kappa shape index (κ3) is 6.08. The maximum atomic E-state index is 12.8. The second-order valence-electron chi connectivity index (χ2n) is 8.38. The molecule has 27 heavy (non-hydrogen) atoms. The van der Waals surface area contributed by atoms with E-state index in [0.717, 1.165) is 38.9 Å². The molecule has 1 fully saturated rings. The van der Waals surface area contributed by atoms with Gasteiger partial charge in [0.2, 0.25) is 0 Å². The van der Waals surface area contributed by atoms with E-state index in [9.17, 15) is 4.55 Å². The number of nitrogens with zero attached hydrogens (tertiary/aromatic N) is 2. The van der Waals surface area contributed by atoms with E-state index >= 15 is 0 Å². The van der Waals surface area contributed by atoms with Crippen LogP contribution in [0.3, 0.4) is 0 Å². The third-order valence-corrected chi connectivity index (χ3v) is 6.92. The summed E-state index contributed by atoms with van der Waals surface area (Å²) in [4.78, 5) is 6.48. The molecule has 0 aliphatic carbocycles. The summed E-state index contributed by atoms with van der Waals surface area (Å²) in [5.41, 5.74) is 0.552. The van der Waals surface area contributed by atoms with Crippen LogP contribution in [0.25, 0.3) is 4.85 Å². The van der Waals surface area contributed by atoms with Crippen LogP contribution in [0.1, 0.15) is 52.0 Å². The van der Waals surface area contributed by atoms with Crippen LogP contribution in [0.5, 0.6) is 0 Å². The van der Waals surface area contributed by atoms with Crippen molar-refractivity contribution in [1.29, 1.82) is 0 Å². The summed E-state index contributed by atoms with van der Waals surface area (Å²) in [5.74, 6) is 0.202. The minimum atomic E-state index is -1.26. The average molecular weight is 388 g/mol. The monoisotopic (exact) mass is 387 g/mol. The fraction of sp³-hybridized carbons (Fsp3) is 0.591. The van der Waals surface area contributed by atoms with Gasteiger partial charge in [-0.3, -0.25) is 9.74 Å². The normalized spacial score (nSPS) is 19.8. The molecule has 0 saturated carbocycles. The summed E-state index contributed by atoms with van der Waals surface area (Å²) in [6.45, 7) is 20.5. The second-order valence-corrected chi connectivity index (χ2v) is 10.3. The van der Waals surface area contributed by atoms with Crippen molar-refractivity contribution in [3.8, 4) is 0 Å². The van der Waals surface area contributed by atoms with Crippen LogP contribution in [0, 0.1) is 12.5 Å². The Morgan fingerprint density at radius 1 is 1.30 bits per heavy atom. The Morgan fingerprint density at radius 2 is 1.93 bits per heavy atom. The third-order valence-electron chi connectivity index (χ3n) is 5.27. The van der Waals surface area contributed by atoms with Crippen LogP contribution in [0.2, 0.25) is 0 Å². The number of hydrogen-bond acceptors (Lipinski definition) is 3. The number of allylic oxidation sites excluding steroid dienone is 1. The van der Waals surface area contributed by atoms with E-state index in [2.05, 4.69) is 45.3 Å². The van der Waals surface area contributed by atoms with Crippen molar-refractivity contribution in [3.63, 3.8) is 0 Å². The first kappa shape index (κ1) is 22.0. The lowest BCUT2D eigenvalue weighted by Crippen LogP contribution is -2.57. The van der Waals surface area contributed by atoms with Gasteiger partial charge in [-0.2, -0.15) is 0 Å². The van der Waals surface area contributed by atoms with Crippen LogP contribution < -0.4 is 4.72 Å². The zero-order chi connectivity index (χ0) is 19.9. The zero-order valence-electron chi connectivity index (χ0n) is 16.9. The summed E-state index contributed by atoms with van der Waals surface area (Å²) < 4.78 is 15.6. The lowest BCUT2D eigenvalue weighted by Gasteiger charge is -2.38. The van der Waals surface area contributed by atoms with E-state index in [-0.39, 0.29) is 5.92 Å². The van der Waals surface area contributed by atoms with Crippen LogP contribution in [-0.4, -0.2) is 33.0 Å². The minimum absolute atomic E-state index is 0.202. The Morgan fingerprint density at radius 3 is 2.44 bits per heavy atom. The molecule has 4 nitrogen and oxygen atoms in total. The number of piperidine rings is 1. The average Bonchev–Trinajstić information content (AvgIpc) is 2.66. The Bertz CT molecular complexity index is 629. The van der Waals surface area contributed by atoms with E-state index in [4.69, 9.17) is 6.57 Å². The fourth-order valence-corrected chi connectivity index (χ4v) is 4.50. The summed E-state index contributed by atoms with van der Waals surface area (Å²) in [5, 5.41) is 0. The van der Waals surface area contributed by atoms with Gasteiger partial charge in [-0.05, 0) is 58.7 Å². The van der Waals surface area contributed by atoms with Crippen LogP contribution in [0.4, 0.5) is 0 Å². The lowest BCUT2D eigenvalue weighted by molar-refractivity contribution is 0.130. The van der Waals surface area contributed by atoms with Crippen molar-refractivity contribution in [2.45, 2.75) is 63.4 Å². The van der Waals surface area contributed by atoms with Crippen LogP contribution >= 0.6 is 0 Å². The van der Waals surface area contributed by atoms with Gasteiger partial charge in [-0.15, -0.1) is 6.58 Å². The molecule has 0 amide bonds. The van der Waals surface area contributed by atoms with Crippen molar-refractivity contribution in [1.82, 2.24) is 9.62 Å². The van der Waals surface area contributed by atoms with E-state index in [1.807, 2.05) is 32.9 Å². The van der Waals surface area contributed by atoms with E-state index in [0.29, 0.717) is 6.42 Å². The van der Waals surface area contributed by atoms with E-state index in [1.54, 1.807) is 0 Å². The molecule has 0 bridgehead atoms. The highest BCUT2D eigenvalue weighted by Gasteiger charge is 2.51. The Labute approximate surface area is 168 Å². The molecule has 1 aromatic rings. The molecule has 1 saturated heterocycles. The summed E-state index contributed by atoms with van der Waals surface area (Å²) in [6, 6.07) is 10.5. The Balaban J connectivity index is 2.06. The molecule has 1 unspecified atom stereocenters. The van der Waals surface area contributed by atoms with E-state index in [1.165, 1.54) is 5.56 Å². The highest BCUT2D eigenvalue weighted by atomic mass is 32.2. The lowest BCUT2D eigenvalue weighted by atomic mass is 9.82. The molecule has 2 rings (SSSR count).